The minimum Gasteiger partial charge on any atom is -0.496 e. The fourth-order valence-corrected chi connectivity index (χ4v) is 4.09. The van der Waals surface area contributed by atoms with Crippen LogP contribution in [0.5, 0.6) is 5.75 Å². The van der Waals surface area contributed by atoms with Crippen LogP contribution in [0, 0.1) is 10.1 Å². The van der Waals surface area contributed by atoms with E-state index in [1.165, 1.54) is 23.5 Å². The Labute approximate surface area is 185 Å². The van der Waals surface area contributed by atoms with Crippen LogP contribution in [0.4, 0.5) is 5.69 Å². The van der Waals surface area contributed by atoms with E-state index in [0.717, 1.165) is 11.6 Å². The van der Waals surface area contributed by atoms with Gasteiger partial charge in [0.25, 0.3) is 17.5 Å². The number of carbonyl (C=O) groups is 3. The van der Waals surface area contributed by atoms with Crippen molar-refractivity contribution in [1.82, 2.24) is 9.88 Å². The largest absolute Gasteiger partial charge is 0.496 e. The molecule has 0 bridgehead atoms. The van der Waals surface area contributed by atoms with E-state index < -0.39 is 34.9 Å². The number of ether oxygens (including phenoxy) is 2. The molecule has 162 valence electrons. The molecule has 11 heteroatoms. The maximum absolute atomic E-state index is 12.5. The molecule has 4 rings (SSSR count). The van der Waals surface area contributed by atoms with Crippen molar-refractivity contribution in [1.29, 1.82) is 0 Å². The van der Waals surface area contributed by atoms with E-state index in [0.29, 0.717) is 21.4 Å². The monoisotopic (exact) mass is 453 g/mol. The number of amides is 2. The maximum atomic E-state index is 12.5. The number of esters is 1. The van der Waals surface area contributed by atoms with Crippen molar-refractivity contribution in [2.24, 2.45) is 0 Å². The molecule has 0 aliphatic carbocycles. The lowest BCUT2D eigenvalue weighted by molar-refractivity contribution is -0.385. The smallest absolute Gasteiger partial charge is 0.326 e. The zero-order valence-corrected chi connectivity index (χ0v) is 17.5. The predicted molar refractivity (Wildman–Crippen MR) is 112 cm³/mol. The van der Waals surface area contributed by atoms with Crippen LogP contribution in [0.3, 0.4) is 0 Å². The topological polar surface area (TPSA) is 129 Å². The third-order valence-electron chi connectivity index (χ3n) is 4.73. The number of para-hydroxylation sites is 1. The fourth-order valence-electron chi connectivity index (χ4n) is 3.26. The second-order valence-corrected chi connectivity index (χ2v) is 7.52. The molecule has 0 unspecified atom stereocenters. The molecule has 1 aliphatic heterocycles. The first-order valence-electron chi connectivity index (χ1n) is 9.27. The number of fused-ring (bicyclic) bond motifs is 1. The van der Waals surface area contributed by atoms with E-state index in [2.05, 4.69) is 4.98 Å². The van der Waals surface area contributed by atoms with Gasteiger partial charge in [-0.2, -0.15) is 0 Å². The molecule has 0 N–H and O–H groups in total. The molecule has 0 atom stereocenters. The molecular formula is C21H15N3O7S. The van der Waals surface area contributed by atoms with Gasteiger partial charge in [-0.05, 0) is 18.2 Å². The van der Waals surface area contributed by atoms with Gasteiger partial charge in [0.15, 0.2) is 0 Å². The Morgan fingerprint density at radius 3 is 2.62 bits per heavy atom. The Hall–Kier alpha value is -4.12. The molecule has 0 radical (unpaired) electrons. The predicted octanol–water partition coefficient (Wildman–Crippen LogP) is 3.07. The first kappa shape index (κ1) is 21.1. The summed E-state index contributed by atoms with van der Waals surface area (Å²) in [6.45, 7) is -0.819. The van der Waals surface area contributed by atoms with Crippen LogP contribution in [-0.4, -0.2) is 46.2 Å². The zero-order valence-electron chi connectivity index (χ0n) is 16.6. The van der Waals surface area contributed by atoms with Gasteiger partial charge in [0.1, 0.15) is 29.5 Å². The number of imide groups is 1. The summed E-state index contributed by atoms with van der Waals surface area (Å²) in [5.74, 6) is -1.86. The highest BCUT2D eigenvalue weighted by atomic mass is 32.1. The second kappa shape index (κ2) is 8.55. The van der Waals surface area contributed by atoms with Gasteiger partial charge < -0.3 is 9.47 Å². The summed E-state index contributed by atoms with van der Waals surface area (Å²) in [5, 5.41) is 13.6. The van der Waals surface area contributed by atoms with Crippen molar-refractivity contribution in [2.75, 3.05) is 13.7 Å². The van der Waals surface area contributed by atoms with Crippen LogP contribution in [0.25, 0.3) is 10.6 Å². The highest BCUT2D eigenvalue weighted by molar-refractivity contribution is 7.13. The van der Waals surface area contributed by atoms with Gasteiger partial charge >= 0.3 is 5.97 Å². The van der Waals surface area contributed by atoms with Crippen molar-refractivity contribution in [3.05, 3.63) is 74.8 Å². The third-order valence-corrected chi connectivity index (χ3v) is 5.66. The first-order valence-corrected chi connectivity index (χ1v) is 10.2. The fraction of sp³-hybridized carbons (Fsp3) is 0.143. The molecule has 32 heavy (non-hydrogen) atoms. The third kappa shape index (κ3) is 3.81. The van der Waals surface area contributed by atoms with Crippen molar-refractivity contribution in [2.45, 2.75) is 6.61 Å². The van der Waals surface area contributed by atoms with Crippen molar-refractivity contribution in [3.63, 3.8) is 0 Å². The summed E-state index contributed by atoms with van der Waals surface area (Å²) >= 11 is 1.35. The van der Waals surface area contributed by atoms with Crippen LogP contribution in [-0.2, 0) is 16.1 Å². The van der Waals surface area contributed by atoms with E-state index >= 15 is 0 Å². The van der Waals surface area contributed by atoms with Crippen molar-refractivity contribution < 1.29 is 28.8 Å². The summed E-state index contributed by atoms with van der Waals surface area (Å²) in [4.78, 5) is 52.7. The lowest BCUT2D eigenvalue weighted by atomic mass is 10.1. The van der Waals surface area contributed by atoms with E-state index in [1.807, 2.05) is 24.3 Å². The van der Waals surface area contributed by atoms with Gasteiger partial charge in [-0.15, -0.1) is 11.3 Å². The zero-order chi connectivity index (χ0) is 22.8. The molecule has 10 nitrogen and oxygen atoms in total. The molecule has 2 aromatic carbocycles. The lowest BCUT2D eigenvalue weighted by Crippen LogP contribution is -2.35. The number of nitro groups is 1. The number of nitrogens with zero attached hydrogens (tertiary/aromatic N) is 3. The molecule has 0 saturated carbocycles. The summed E-state index contributed by atoms with van der Waals surface area (Å²) in [6, 6.07) is 11.1. The van der Waals surface area contributed by atoms with Gasteiger partial charge in [-0.3, -0.25) is 29.4 Å². The van der Waals surface area contributed by atoms with E-state index in [1.54, 1.807) is 12.5 Å². The molecule has 3 aromatic rings. The Balaban J connectivity index is 1.42. The van der Waals surface area contributed by atoms with Gasteiger partial charge in [0.05, 0.1) is 28.9 Å². The van der Waals surface area contributed by atoms with Crippen LogP contribution in [0.2, 0.25) is 0 Å². The van der Waals surface area contributed by atoms with Crippen LogP contribution >= 0.6 is 11.3 Å². The van der Waals surface area contributed by atoms with Crippen LogP contribution in [0.15, 0.2) is 47.8 Å². The van der Waals surface area contributed by atoms with Crippen LogP contribution in [0.1, 0.15) is 26.4 Å². The van der Waals surface area contributed by atoms with Crippen molar-refractivity contribution in [3.8, 4) is 16.3 Å². The van der Waals surface area contributed by atoms with Gasteiger partial charge in [-0.1, -0.05) is 18.2 Å². The highest BCUT2D eigenvalue weighted by Crippen LogP contribution is 2.32. The molecule has 0 spiro atoms. The summed E-state index contributed by atoms with van der Waals surface area (Å²) in [5.41, 5.74) is 0.365. The molecule has 1 aliphatic rings. The summed E-state index contributed by atoms with van der Waals surface area (Å²) in [6.07, 6.45) is 0. The Bertz CT molecular complexity index is 1250. The minimum absolute atomic E-state index is 0.113. The van der Waals surface area contributed by atoms with E-state index in [-0.39, 0.29) is 17.7 Å². The second-order valence-electron chi connectivity index (χ2n) is 6.66. The Morgan fingerprint density at radius 1 is 1.12 bits per heavy atom. The first-order chi connectivity index (χ1) is 15.4. The minimum atomic E-state index is -0.902. The number of methoxy groups -OCH3 is 1. The number of nitro benzene ring substituents is 1. The standard InChI is InChI=1S/C21H15N3O7S/c1-30-16-8-3-2-5-13(16)19-22-12(11-32-19)10-31-17(25)9-23-20(26)14-6-4-7-15(24(28)29)18(14)21(23)27/h2-8,11H,9-10H2,1H3. The number of hydrogen-bond acceptors (Lipinski definition) is 9. The van der Waals surface area contributed by atoms with E-state index in [9.17, 15) is 24.5 Å². The number of hydrogen-bond donors (Lipinski definition) is 0. The van der Waals surface area contributed by atoms with E-state index in [4.69, 9.17) is 9.47 Å². The highest BCUT2D eigenvalue weighted by Gasteiger charge is 2.41. The number of carbonyl (C=O) groups excluding carboxylic acids is 3. The quantitative estimate of drug-likeness (QED) is 0.231. The summed E-state index contributed by atoms with van der Waals surface area (Å²) in [7, 11) is 1.56. The molecule has 1 aromatic heterocycles. The number of benzene rings is 2. The molecule has 2 amide bonds. The lowest BCUT2D eigenvalue weighted by Gasteiger charge is -2.12. The molecular weight excluding hydrogens is 438 g/mol. The number of rotatable bonds is 7. The average Bonchev–Trinajstić information content (AvgIpc) is 3.36. The van der Waals surface area contributed by atoms with Gasteiger partial charge in [0, 0.05) is 11.4 Å². The normalized spacial score (nSPS) is 12.6. The SMILES string of the molecule is COc1ccccc1-c1nc(COC(=O)CN2C(=O)c3cccc([N+](=O)[O-])c3C2=O)cs1. The average molecular weight is 453 g/mol. The number of aromatic nitrogens is 1. The number of thiazole rings is 1. The Morgan fingerprint density at radius 2 is 1.88 bits per heavy atom. The molecule has 0 fully saturated rings. The van der Waals surface area contributed by atoms with Crippen LogP contribution < -0.4 is 4.74 Å². The van der Waals surface area contributed by atoms with Gasteiger partial charge in [-0.25, -0.2) is 4.98 Å². The molecule has 0 saturated heterocycles. The summed E-state index contributed by atoms with van der Waals surface area (Å²) < 4.78 is 10.5. The molecule has 2 heterocycles. The van der Waals surface area contributed by atoms with Crippen molar-refractivity contribution >= 4 is 34.8 Å². The Kier molecular flexibility index (Phi) is 5.65. The van der Waals surface area contributed by atoms with Gasteiger partial charge in [0.2, 0.25) is 0 Å². The maximum Gasteiger partial charge on any atom is 0.326 e.